The molecule has 0 unspecified atom stereocenters. The molecule has 2 aromatic heterocycles. The summed E-state index contributed by atoms with van der Waals surface area (Å²) in [7, 11) is 1.61. The van der Waals surface area contributed by atoms with E-state index in [-0.39, 0.29) is 17.2 Å². The van der Waals surface area contributed by atoms with Crippen molar-refractivity contribution in [3.63, 3.8) is 0 Å². The summed E-state index contributed by atoms with van der Waals surface area (Å²) >= 11 is 0. The van der Waals surface area contributed by atoms with Crippen LogP contribution in [0.4, 0.5) is 0 Å². The van der Waals surface area contributed by atoms with Crippen molar-refractivity contribution in [2.75, 3.05) is 0 Å². The van der Waals surface area contributed by atoms with E-state index in [9.17, 15) is 4.79 Å². The zero-order valence-corrected chi connectivity index (χ0v) is 7.82. The van der Waals surface area contributed by atoms with Gasteiger partial charge in [0, 0.05) is 19.4 Å². The molecule has 0 N–H and O–H groups in total. The van der Waals surface area contributed by atoms with Gasteiger partial charge in [0.2, 0.25) is 5.82 Å². The van der Waals surface area contributed by atoms with Crippen LogP contribution in [0.3, 0.4) is 0 Å². The number of aryl methyl sites for hydroxylation is 1. The molecule has 0 spiro atoms. The van der Waals surface area contributed by atoms with Crippen LogP contribution in [0.2, 0.25) is 0 Å². The molecule has 0 aromatic carbocycles. The van der Waals surface area contributed by atoms with Crippen molar-refractivity contribution in [2.45, 2.75) is 0 Å². The summed E-state index contributed by atoms with van der Waals surface area (Å²) in [5.41, 5.74) is -0.299. The van der Waals surface area contributed by atoms with Gasteiger partial charge < -0.3 is 4.57 Å². The summed E-state index contributed by atoms with van der Waals surface area (Å²) in [6.45, 7) is 0. The number of rotatable bonds is 1. The number of hydrogen-bond acceptors (Lipinski definition) is 5. The number of aromatic nitrogens is 5. The third kappa shape index (κ3) is 1.48. The minimum Gasteiger partial charge on any atom is -0.314 e. The molecule has 0 aliphatic heterocycles. The Hall–Kier alpha value is -2.49. The van der Waals surface area contributed by atoms with E-state index in [0.717, 1.165) is 0 Å². The topological polar surface area (TPSA) is 89.4 Å². The molecule has 0 bridgehead atoms. The molecule has 15 heavy (non-hydrogen) atoms. The lowest BCUT2D eigenvalue weighted by Gasteiger charge is -1.99. The van der Waals surface area contributed by atoms with E-state index >= 15 is 0 Å². The van der Waals surface area contributed by atoms with Crippen LogP contribution in [-0.2, 0) is 7.05 Å². The lowest BCUT2D eigenvalue weighted by atomic mass is 10.6. The smallest absolute Gasteiger partial charge is 0.295 e. The van der Waals surface area contributed by atoms with Crippen molar-refractivity contribution in [1.29, 1.82) is 5.26 Å². The fourth-order valence-corrected chi connectivity index (χ4v) is 1.06. The average molecular weight is 202 g/mol. The third-order valence-electron chi connectivity index (χ3n) is 1.81. The number of nitriles is 1. The van der Waals surface area contributed by atoms with E-state index in [1.54, 1.807) is 13.1 Å². The van der Waals surface area contributed by atoms with Gasteiger partial charge in [-0.1, -0.05) is 0 Å². The third-order valence-corrected chi connectivity index (χ3v) is 1.81. The second-order valence-corrected chi connectivity index (χ2v) is 2.79. The van der Waals surface area contributed by atoms with Crippen molar-refractivity contribution in [3.8, 4) is 11.9 Å². The number of nitrogens with zero attached hydrogens (tertiary/aromatic N) is 6. The van der Waals surface area contributed by atoms with Gasteiger partial charge in [0.15, 0.2) is 0 Å². The molecule has 0 saturated carbocycles. The standard InChI is InChI=1S/C8H6N6O/c1-13-3-2-10-7(8(13)15)14-5-11-6(4-9)12-14/h2-3,5H,1H3. The first kappa shape index (κ1) is 9.08. The van der Waals surface area contributed by atoms with Crippen LogP contribution >= 0.6 is 0 Å². The molecule has 2 rings (SSSR count). The summed E-state index contributed by atoms with van der Waals surface area (Å²) in [5, 5.41) is 12.3. The van der Waals surface area contributed by atoms with Crippen LogP contribution in [-0.4, -0.2) is 24.3 Å². The van der Waals surface area contributed by atoms with Gasteiger partial charge in [-0.15, -0.1) is 5.10 Å². The lowest BCUT2D eigenvalue weighted by molar-refractivity contribution is 0.763. The molecular formula is C8H6N6O. The quantitative estimate of drug-likeness (QED) is 0.605. The fraction of sp³-hybridized carbons (Fsp3) is 0.125. The second-order valence-electron chi connectivity index (χ2n) is 2.79. The largest absolute Gasteiger partial charge is 0.314 e. The summed E-state index contributed by atoms with van der Waals surface area (Å²) in [6, 6.07) is 1.77. The highest BCUT2D eigenvalue weighted by atomic mass is 16.1. The van der Waals surface area contributed by atoms with Crippen LogP contribution in [0, 0.1) is 11.3 Å². The van der Waals surface area contributed by atoms with Crippen molar-refractivity contribution in [2.24, 2.45) is 7.05 Å². The van der Waals surface area contributed by atoms with Crippen molar-refractivity contribution in [3.05, 3.63) is 34.9 Å². The molecule has 0 amide bonds. The van der Waals surface area contributed by atoms with Crippen LogP contribution in [0.1, 0.15) is 5.82 Å². The molecule has 7 nitrogen and oxygen atoms in total. The second kappa shape index (κ2) is 3.34. The molecule has 2 heterocycles. The van der Waals surface area contributed by atoms with E-state index in [1.165, 1.54) is 28.0 Å². The van der Waals surface area contributed by atoms with Gasteiger partial charge >= 0.3 is 0 Å². The van der Waals surface area contributed by atoms with Crippen molar-refractivity contribution >= 4 is 0 Å². The Morgan fingerprint density at radius 3 is 2.93 bits per heavy atom. The summed E-state index contributed by atoms with van der Waals surface area (Å²) in [4.78, 5) is 19.2. The Labute approximate surface area is 84.2 Å². The highest BCUT2D eigenvalue weighted by Crippen LogP contribution is 1.94. The van der Waals surface area contributed by atoms with E-state index < -0.39 is 0 Å². The summed E-state index contributed by atoms with van der Waals surface area (Å²) in [6.07, 6.45) is 4.29. The van der Waals surface area contributed by atoms with E-state index in [4.69, 9.17) is 5.26 Å². The summed E-state index contributed by atoms with van der Waals surface area (Å²) < 4.78 is 2.55. The molecule has 2 aromatic rings. The van der Waals surface area contributed by atoms with E-state index in [1.807, 2.05) is 0 Å². The minimum atomic E-state index is -0.299. The first-order valence-corrected chi connectivity index (χ1v) is 4.06. The molecule has 74 valence electrons. The molecule has 0 aliphatic carbocycles. The number of hydrogen-bond donors (Lipinski definition) is 0. The zero-order valence-electron chi connectivity index (χ0n) is 7.82. The molecule has 0 radical (unpaired) electrons. The van der Waals surface area contributed by atoms with E-state index in [2.05, 4.69) is 15.1 Å². The Morgan fingerprint density at radius 2 is 2.27 bits per heavy atom. The lowest BCUT2D eigenvalue weighted by Crippen LogP contribution is -2.23. The maximum Gasteiger partial charge on any atom is 0.295 e. The zero-order chi connectivity index (χ0) is 10.8. The van der Waals surface area contributed by atoms with E-state index in [0.29, 0.717) is 0 Å². The first-order chi connectivity index (χ1) is 7.22. The molecule has 0 saturated heterocycles. The maximum atomic E-state index is 11.6. The van der Waals surface area contributed by atoms with Crippen molar-refractivity contribution < 1.29 is 0 Å². The Kier molecular flexibility index (Phi) is 2.02. The van der Waals surface area contributed by atoms with Gasteiger partial charge in [0.1, 0.15) is 12.4 Å². The van der Waals surface area contributed by atoms with Crippen LogP contribution in [0.5, 0.6) is 0 Å². The molecule has 7 heteroatoms. The van der Waals surface area contributed by atoms with Gasteiger partial charge in [-0.3, -0.25) is 4.79 Å². The predicted octanol–water partition coefficient (Wildman–Crippen LogP) is -0.767. The Morgan fingerprint density at radius 1 is 1.47 bits per heavy atom. The average Bonchev–Trinajstić information content (AvgIpc) is 2.70. The highest BCUT2D eigenvalue weighted by molar-refractivity contribution is 5.17. The monoisotopic (exact) mass is 202 g/mol. The fourth-order valence-electron chi connectivity index (χ4n) is 1.06. The maximum absolute atomic E-state index is 11.6. The van der Waals surface area contributed by atoms with Crippen LogP contribution < -0.4 is 5.56 Å². The van der Waals surface area contributed by atoms with Gasteiger partial charge in [-0.25, -0.2) is 9.97 Å². The van der Waals surface area contributed by atoms with Crippen LogP contribution in [0.25, 0.3) is 5.82 Å². The molecule has 0 aliphatic rings. The minimum absolute atomic E-state index is 0.00251. The summed E-state index contributed by atoms with van der Waals surface area (Å²) in [5.74, 6) is 0.122. The van der Waals surface area contributed by atoms with Crippen LogP contribution in [0.15, 0.2) is 23.5 Å². The predicted molar refractivity (Wildman–Crippen MR) is 49.1 cm³/mol. The van der Waals surface area contributed by atoms with Gasteiger partial charge in [0.05, 0.1) is 0 Å². The SMILES string of the molecule is Cn1ccnc(-n2cnc(C#N)n2)c1=O. The van der Waals surface area contributed by atoms with Gasteiger partial charge in [-0.2, -0.15) is 9.94 Å². The highest BCUT2D eigenvalue weighted by Gasteiger charge is 2.07. The van der Waals surface area contributed by atoms with Crippen molar-refractivity contribution in [1.82, 2.24) is 24.3 Å². The first-order valence-electron chi connectivity index (χ1n) is 4.06. The Balaban J connectivity index is 2.60. The molecule has 0 atom stereocenters. The Bertz CT molecular complexity index is 590. The molecule has 0 fully saturated rings. The molecular weight excluding hydrogens is 196 g/mol. The van der Waals surface area contributed by atoms with Gasteiger partial charge in [0.25, 0.3) is 11.4 Å². The normalized spacial score (nSPS) is 9.87. The van der Waals surface area contributed by atoms with Gasteiger partial charge in [-0.05, 0) is 0 Å².